The second-order valence-electron chi connectivity index (χ2n) is 8.11. The average Bonchev–Trinajstić information content (AvgIpc) is 2.46. The summed E-state index contributed by atoms with van der Waals surface area (Å²) in [5.74, 6) is 2.97. The second-order valence-corrected chi connectivity index (χ2v) is 9.44. The maximum atomic E-state index is 4.88. The average molecular weight is 320 g/mol. The van der Waals surface area contributed by atoms with Gasteiger partial charge >= 0.3 is 0 Å². The fraction of sp³-hybridized carbons (Fsp3) is 0.889. The highest BCUT2D eigenvalue weighted by Gasteiger charge is 2.54. The fourth-order valence-corrected chi connectivity index (χ4v) is 6.85. The van der Waals surface area contributed by atoms with Gasteiger partial charge in [-0.15, -0.1) is 0 Å². The summed E-state index contributed by atoms with van der Waals surface area (Å²) in [6.45, 7) is 5.49. The number of hydrogen-bond donors (Lipinski definition) is 1. The van der Waals surface area contributed by atoms with Crippen LogP contribution in [0.5, 0.6) is 0 Å². The summed E-state index contributed by atoms with van der Waals surface area (Å²) in [5.41, 5.74) is 5.18. The Hall–Kier alpha value is -0.510. The number of aliphatic imine (C=N–C) groups is 1. The molecule has 0 unspecified atom stereocenters. The highest BCUT2D eigenvalue weighted by Crippen LogP contribution is 2.61. The van der Waals surface area contributed by atoms with Crippen LogP contribution in [0.15, 0.2) is 10.1 Å². The Morgan fingerprint density at radius 1 is 1.18 bits per heavy atom. The van der Waals surface area contributed by atoms with Crippen molar-refractivity contribution in [2.24, 2.45) is 33.3 Å². The van der Waals surface area contributed by atoms with Crippen LogP contribution in [-0.4, -0.2) is 22.7 Å². The minimum absolute atomic E-state index is 0.434. The lowest BCUT2D eigenvalue weighted by atomic mass is 9.48. The van der Waals surface area contributed by atoms with E-state index in [1.807, 2.05) is 11.8 Å². The molecule has 5 rings (SSSR count). The minimum atomic E-state index is 0.434. The zero-order valence-electron chi connectivity index (χ0n) is 14.0. The van der Waals surface area contributed by atoms with Gasteiger partial charge in [-0.05, 0) is 69.6 Å². The summed E-state index contributed by atoms with van der Waals surface area (Å²) in [4.78, 5) is 4.67. The second kappa shape index (κ2) is 5.85. The summed E-state index contributed by atoms with van der Waals surface area (Å²) in [6.07, 6.45) is 11.1. The maximum absolute atomic E-state index is 4.88. The summed E-state index contributed by atoms with van der Waals surface area (Å²) in [5, 5.41) is 6.41. The first-order valence-electron chi connectivity index (χ1n) is 9.23. The molecule has 1 atom stereocenters. The standard InChI is InChI=1S/C18H29N3S/c1-3-4-5-19-17-21-20-16(12(2)22-17)18-9-13-6-14(10-18)8-15(7-13)11-18/h12-15H,3-11H2,1-2H3,(H,19,21)/t12-,13?,14?,15?,18?/m1/s1. The van der Waals surface area contributed by atoms with E-state index in [1.54, 1.807) is 0 Å². The summed E-state index contributed by atoms with van der Waals surface area (Å²) in [7, 11) is 0. The van der Waals surface area contributed by atoms with Crippen LogP contribution in [0.4, 0.5) is 0 Å². The Kier molecular flexibility index (Phi) is 4.00. The lowest BCUT2D eigenvalue weighted by Crippen LogP contribution is -2.53. The molecule has 0 saturated heterocycles. The van der Waals surface area contributed by atoms with Crippen molar-refractivity contribution in [3.63, 3.8) is 0 Å². The van der Waals surface area contributed by atoms with Crippen LogP contribution in [-0.2, 0) is 0 Å². The van der Waals surface area contributed by atoms with Crippen molar-refractivity contribution in [2.45, 2.75) is 70.5 Å². The molecule has 0 amide bonds. The number of rotatable bonds is 4. The van der Waals surface area contributed by atoms with E-state index in [2.05, 4.69) is 24.3 Å². The molecule has 4 saturated carbocycles. The molecule has 0 radical (unpaired) electrons. The molecular formula is C18H29N3S. The molecule has 4 fully saturated rings. The van der Waals surface area contributed by atoms with Gasteiger partial charge in [0.1, 0.15) is 0 Å². The Balaban J connectivity index is 1.52. The van der Waals surface area contributed by atoms with Gasteiger partial charge in [0.25, 0.3) is 0 Å². The van der Waals surface area contributed by atoms with Crippen molar-refractivity contribution in [2.75, 3.05) is 6.54 Å². The maximum Gasteiger partial charge on any atom is 0.177 e. The van der Waals surface area contributed by atoms with E-state index in [4.69, 9.17) is 5.10 Å². The fourth-order valence-electron chi connectivity index (χ4n) is 5.83. The Morgan fingerprint density at radius 2 is 1.82 bits per heavy atom. The molecule has 22 heavy (non-hydrogen) atoms. The largest absolute Gasteiger partial charge is 0.261 e. The molecule has 1 heterocycles. The van der Waals surface area contributed by atoms with Gasteiger partial charge < -0.3 is 0 Å². The molecule has 5 aliphatic rings. The van der Waals surface area contributed by atoms with E-state index in [1.165, 1.54) is 57.1 Å². The molecule has 4 aliphatic carbocycles. The van der Waals surface area contributed by atoms with Crippen LogP contribution < -0.4 is 5.43 Å². The number of hydrogen-bond acceptors (Lipinski definition) is 3. The zero-order chi connectivity index (χ0) is 15.2. The molecule has 0 aromatic rings. The van der Waals surface area contributed by atoms with Crippen molar-refractivity contribution >= 4 is 22.6 Å². The van der Waals surface area contributed by atoms with Crippen molar-refractivity contribution in [1.82, 2.24) is 5.43 Å². The molecule has 3 nitrogen and oxygen atoms in total. The first-order chi connectivity index (χ1) is 10.7. The number of unbranched alkanes of at least 4 members (excludes halogenated alkanes) is 1. The van der Waals surface area contributed by atoms with Crippen molar-refractivity contribution in [3.8, 4) is 0 Å². The highest BCUT2D eigenvalue weighted by atomic mass is 32.2. The van der Waals surface area contributed by atoms with E-state index in [0.29, 0.717) is 10.7 Å². The minimum Gasteiger partial charge on any atom is -0.261 e. The van der Waals surface area contributed by atoms with Crippen LogP contribution in [0.2, 0.25) is 0 Å². The number of nitrogens with one attached hydrogen (secondary N) is 1. The molecule has 1 aliphatic heterocycles. The van der Waals surface area contributed by atoms with Gasteiger partial charge in [-0.25, -0.2) is 0 Å². The monoisotopic (exact) mass is 319 g/mol. The van der Waals surface area contributed by atoms with E-state index >= 15 is 0 Å². The van der Waals surface area contributed by atoms with E-state index in [-0.39, 0.29) is 0 Å². The third-order valence-corrected chi connectivity index (χ3v) is 7.31. The van der Waals surface area contributed by atoms with Gasteiger partial charge in [-0.1, -0.05) is 25.1 Å². The quantitative estimate of drug-likeness (QED) is 0.778. The van der Waals surface area contributed by atoms with Crippen LogP contribution >= 0.6 is 11.8 Å². The molecule has 0 spiro atoms. The molecule has 0 aromatic heterocycles. The smallest absolute Gasteiger partial charge is 0.177 e. The van der Waals surface area contributed by atoms with Crippen molar-refractivity contribution < 1.29 is 0 Å². The van der Waals surface area contributed by atoms with Crippen LogP contribution in [0.25, 0.3) is 0 Å². The SMILES string of the molecule is CCCCN=C1NN=C(C23CC4CC(CC(C4)C2)C3)[C@@H](C)S1. The normalized spacial score (nSPS) is 45.0. The Bertz CT molecular complexity index is 461. The number of amidine groups is 1. The van der Waals surface area contributed by atoms with Gasteiger partial charge in [-0.3, -0.25) is 10.4 Å². The first-order valence-corrected chi connectivity index (χ1v) is 10.1. The summed E-state index contributed by atoms with van der Waals surface area (Å²) in [6, 6.07) is 0. The van der Waals surface area contributed by atoms with Gasteiger partial charge in [0.2, 0.25) is 0 Å². The van der Waals surface area contributed by atoms with Crippen LogP contribution in [0.3, 0.4) is 0 Å². The van der Waals surface area contributed by atoms with Gasteiger partial charge in [0.15, 0.2) is 5.17 Å². The molecule has 1 N–H and O–H groups in total. The van der Waals surface area contributed by atoms with Crippen molar-refractivity contribution in [3.05, 3.63) is 0 Å². The first kappa shape index (κ1) is 15.0. The van der Waals surface area contributed by atoms with Gasteiger partial charge in [-0.2, -0.15) is 5.10 Å². The predicted molar refractivity (Wildman–Crippen MR) is 95.4 cm³/mol. The topological polar surface area (TPSA) is 36.8 Å². The molecule has 4 bridgehead atoms. The van der Waals surface area contributed by atoms with Crippen LogP contribution in [0, 0.1) is 23.2 Å². The predicted octanol–water partition coefficient (Wildman–Crippen LogP) is 4.44. The van der Waals surface area contributed by atoms with Crippen molar-refractivity contribution in [1.29, 1.82) is 0 Å². The molecular weight excluding hydrogens is 290 g/mol. The zero-order valence-corrected chi connectivity index (χ0v) is 14.8. The third kappa shape index (κ3) is 2.61. The summed E-state index contributed by atoms with van der Waals surface area (Å²) < 4.78 is 0. The van der Waals surface area contributed by atoms with E-state index < -0.39 is 0 Å². The van der Waals surface area contributed by atoms with Gasteiger partial charge in [0, 0.05) is 12.0 Å². The Labute approximate surface area is 138 Å². The van der Waals surface area contributed by atoms with Gasteiger partial charge in [0.05, 0.1) is 11.0 Å². The molecule has 0 aromatic carbocycles. The highest BCUT2D eigenvalue weighted by molar-refractivity contribution is 8.15. The lowest BCUT2D eigenvalue weighted by molar-refractivity contribution is -0.0132. The van der Waals surface area contributed by atoms with E-state index in [9.17, 15) is 0 Å². The Morgan fingerprint density at radius 3 is 2.36 bits per heavy atom. The van der Waals surface area contributed by atoms with Crippen LogP contribution in [0.1, 0.15) is 65.2 Å². The molecule has 122 valence electrons. The number of hydrazone groups is 1. The number of nitrogens with zero attached hydrogens (tertiary/aromatic N) is 2. The lowest BCUT2D eigenvalue weighted by Gasteiger charge is -2.57. The molecule has 4 heteroatoms. The third-order valence-electron chi connectivity index (χ3n) is 6.29. The van der Waals surface area contributed by atoms with E-state index in [0.717, 1.165) is 29.5 Å². The summed E-state index contributed by atoms with van der Waals surface area (Å²) >= 11 is 1.90. The number of thioether (sulfide) groups is 1.